The lowest BCUT2D eigenvalue weighted by Gasteiger charge is -2.34. The zero-order valence-electron chi connectivity index (χ0n) is 9.44. The van der Waals surface area contributed by atoms with E-state index in [-0.39, 0.29) is 18.4 Å². The van der Waals surface area contributed by atoms with Crippen molar-refractivity contribution in [3.63, 3.8) is 0 Å². The van der Waals surface area contributed by atoms with Gasteiger partial charge in [0, 0.05) is 10.7 Å². The van der Waals surface area contributed by atoms with Gasteiger partial charge in [-0.05, 0) is 24.6 Å². The van der Waals surface area contributed by atoms with E-state index in [0.717, 1.165) is 0 Å². The van der Waals surface area contributed by atoms with E-state index in [0.29, 0.717) is 17.1 Å². The summed E-state index contributed by atoms with van der Waals surface area (Å²) in [4.78, 5) is 25.1. The summed E-state index contributed by atoms with van der Waals surface area (Å²) in [6.07, 6.45) is 0.573. The second-order valence-electron chi connectivity index (χ2n) is 3.89. The van der Waals surface area contributed by atoms with Crippen LogP contribution < -0.4 is 10.2 Å². The number of hydrogen-bond acceptors (Lipinski definition) is 2. The van der Waals surface area contributed by atoms with Crippen LogP contribution in [-0.4, -0.2) is 24.4 Å². The Balaban J connectivity index is 2.39. The molecular weight excluding hydrogens is 240 g/mol. The minimum atomic E-state index is -0.449. The molecule has 1 N–H and O–H groups in total. The van der Waals surface area contributed by atoms with E-state index in [1.54, 1.807) is 24.3 Å². The van der Waals surface area contributed by atoms with E-state index in [2.05, 4.69) is 5.32 Å². The first-order valence-corrected chi connectivity index (χ1v) is 5.86. The third-order valence-corrected chi connectivity index (χ3v) is 3.01. The molecule has 1 fully saturated rings. The number of benzene rings is 1. The average molecular weight is 253 g/mol. The molecule has 1 aliphatic heterocycles. The van der Waals surface area contributed by atoms with E-state index >= 15 is 0 Å². The monoisotopic (exact) mass is 252 g/mol. The predicted molar refractivity (Wildman–Crippen MR) is 66.0 cm³/mol. The predicted octanol–water partition coefficient (Wildman–Crippen LogP) is 1.58. The maximum atomic E-state index is 11.9. The highest BCUT2D eigenvalue weighted by Gasteiger charge is 2.34. The van der Waals surface area contributed by atoms with Gasteiger partial charge in [0.15, 0.2) is 0 Å². The van der Waals surface area contributed by atoms with Gasteiger partial charge in [-0.3, -0.25) is 14.5 Å². The maximum Gasteiger partial charge on any atom is 0.247 e. The summed E-state index contributed by atoms with van der Waals surface area (Å²) >= 11 is 5.90. The number of amides is 2. The zero-order valence-corrected chi connectivity index (χ0v) is 10.2. The van der Waals surface area contributed by atoms with Crippen LogP contribution in [0.1, 0.15) is 13.3 Å². The molecule has 1 saturated heterocycles. The van der Waals surface area contributed by atoms with Gasteiger partial charge < -0.3 is 5.32 Å². The van der Waals surface area contributed by atoms with Gasteiger partial charge in [0.2, 0.25) is 11.8 Å². The molecular formula is C12H13ClN2O2. The molecule has 1 aliphatic rings. The molecule has 1 heterocycles. The topological polar surface area (TPSA) is 49.4 Å². The third kappa shape index (κ3) is 2.26. The Hall–Kier alpha value is -1.55. The summed E-state index contributed by atoms with van der Waals surface area (Å²) in [6.45, 7) is 1.92. The summed E-state index contributed by atoms with van der Waals surface area (Å²) in [5.74, 6) is -0.231. The minimum Gasteiger partial charge on any atom is -0.345 e. The largest absolute Gasteiger partial charge is 0.345 e. The lowest BCUT2D eigenvalue weighted by molar-refractivity contribution is -0.131. The number of carbonyl (C=O) groups is 2. The van der Waals surface area contributed by atoms with Crippen LogP contribution in [0.25, 0.3) is 0 Å². The van der Waals surface area contributed by atoms with E-state index in [4.69, 9.17) is 11.6 Å². The van der Waals surface area contributed by atoms with Crippen molar-refractivity contribution >= 4 is 29.1 Å². The van der Waals surface area contributed by atoms with Gasteiger partial charge in [-0.25, -0.2) is 0 Å². The van der Waals surface area contributed by atoms with Gasteiger partial charge in [0.1, 0.15) is 6.04 Å². The fraction of sp³-hybridized carbons (Fsp3) is 0.333. The van der Waals surface area contributed by atoms with Crippen molar-refractivity contribution < 1.29 is 9.59 Å². The normalized spacial score (nSPS) is 20.4. The van der Waals surface area contributed by atoms with Crippen LogP contribution in [0.4, 0.5) is 5.69 Å². The van der Waals surface area contributed by atoms with Crippen molar-refractivity contribution in [1.29, 1.82) is 0 Å². The SMILES string of the molecule is CCC1C(=O)NCC(=O)N1c1cccc(Cl)c1. The molecule has 0 spiro atoms. The number of nitrogens with zero attached hydrogens (tertiary/aromatic N) is 1. The molecule has 0 aliphatic carbocycles. The number of hydrogen-bond donors (Lipinski definition) is 1. The van der Waals surface area contributed by atoms with E-state index in [1.165, 1.54) is 4.90 Å². The van der Waals surface area contributed by atoms with Gasteiger partial charge in [-0.1, -0.05) is 24.6 Å². The maximum absolute atomic E-state index is 11.9. The summed E-state index contributed by atoms with van der Waals surface area (Å²) in [5.41, 5.74) is 0.671. The van der Waals surface area contributed by atoms with Gasteiger partial charge in [-0.2, -0.15) is 0 Å². The first-order valence-electron chi connectivity index (χ1n) is 5.49. The molecule has 2 amide bonds. The molecule has 17 heavy (non-hydrogen) atoms. The first-order chi connectivity index (χ1) is 8.13. The number of piperazine rings is 1. The highest BCUT2D eigenvalue weighted by molar-refractivity contribution is 6.31. The lowest BCUT2D eigenvalue weighted by Crippen LogP contribution is -2.58. The molecule has 1 unspecified atom stereocenters. The van der Waals surface area contributed by atoms with Gasteiger partial charge in [0.25, 0.3) is 0 Å². The summed E-state index contributed by atoms with van der Waals surface area (Å²) in [7, 11) is 0. The van der Waals surface area contributed by atoms with Crippen LogP contribution in [0.2, 0.25) is 5.02 Å². The Morgan fingerprint density at radius 2 is 2.24 bits per heavy atom. The molecule has 0 saturated carbocycles. The van der Waals surface area contributed by atoms with Gasteiger partial charge in [0.05, 0.1) is 6.54 Å². The highest BCUT2D eigenvalue weighted by Crippen LogP contribution is 2.24. The summed E-state index contributed by atoms with van der Waals surface area (Å²) in [5, 5.41) is 3.14. The summed E-state index contributed by atoms with van der Waals surface area (Å²) < 4.78 is 0. The zero-order chi connectivity index (χ0) is 12.4. The first kappa shape index (κ1) is 11.9. The molecule has 2 rings (SSSR count). The highest BCUT2D eigenvalue weighted by atomic mass is 35.5. The van der Waals surface area contributed by atoms with Crippen LogP contribution >= 0.6 is 11.6 Å². The van der Waals surface area contributed by atoms with E-state index in [1.807, 2.05) is 6.92 Å². The lowest BCUT2D eigenvalue weighted by atomic mass is 10.1. The Morgan fingerprint density at radius 3 is 2.88 bits per heavy atom. The van der Waals surface area contributed by atoms with Crippen LogP contribution in [-0.2, 0) is 9.59 Å². The number of rotatable bonds is 2. The minimum absolute atomic E-state index is 0.0435. The number of carbonyl (C=O) groups excluding carboxylic acids is 2. The number of nitrogens with one attached hydrogen (secondary N) is 1. The molecule has 5 heteroatoms. The number of anilines is 1. The Labute approximate surface area is 105 Å². The van der Waals surface area contributed by atoms with Crippen molar-refractivity contribution in [2.75, 3.05) is 11.4 Å². The second-order valence-corrected chi connectivity index (χ2v) is 4.32. The second kappa shape index (κ2) is 4.75. The quantitative estimate of drug-likeness (QED) is 0.869. The van der Waals surface area contributed by atoms with Crippen LogP contribution in [0.15, 0.2) is 24.3 Å². The Morgan fingerprint density at radius 1 is 1.47 bits per heavy atom. The van der Waals surface area contributed by atoms with Crippen LogP contribution in [0, 0.1) is 0 Å². The molecule has 1 atom stereocenters. The van der Waals surface area contributed by atoms with Gasteiger partial charge >= 0.3 is 0 Å². The average Bonchev–Trinajstić information content (AvgIpc) is 2.31. The van der Waals surface area contributed by atoms with Gasteiger partial charge in [-0.15, -0.1) is 0 Å². The van der Waals surface area contributed by atoms with Crippen molar-refractivity contribution in [2.24, 2.45) is 0 Å². The van der Waals surface area contributed by atoms with Crippen molar-refractivity contribution in [3.8, 4) is 0 Å². The van der Waals surface area contributed by atoms with E-state index in [9.17, 15) is 9.59 Å². The molecule has 4 nitrogen and oxygen atoms in total. The van der Waals surface area contributed by atoms with Crippen molar-refractivity contribution in [1.82, 2.24) is 5.32 Å². The Bertz CT molecular complexity index is 462. The smallest absolute Gasteiger partial charge is 0.247 e. The molecule has 1 aromatic carbocycles. The standard InChI is InChI=1S/C12H13ClN2O2/c1-2-10-12(17)14-7-11(16)15(10)9-5-3-4-8(13)6-9/h3-6,10H,2,7H2,1H3,(H,14,17). The molecule has 0 bridgehead atoms. The molecule has 0 radical (unpaired) electrons. The molecule has 0 aromatic heterocycles. The fourth-order valence-electron chi connectivity index (χ4n) is 1.97. The third-order valence-electron chi connectivity index (χ3n) is 2.77. The summed E-state index contributed by atoms with van der Waals surface area (Å²) in [6, 6.07) is 6.53. The number of halogens is 1. The van der Waals surface area contributed by atoms with Crippen LogP contribution in [0.3, 0.4) is 0 Å². The molecule has 90 valence electrons. The van der Waals surface area contributed by atoms with Crippen LogP contribution in [0.5, 0.6) is 0 Å². The van der Waals surface area contributed by atoms with Crippen molar-refractivity contribution in [3.05, 3.63) is 29.3 Å². The Kier molecular flexibility index (Phi) is 3.33. The fourth-order valence-corrected chi connectivity index (χ4v) is 2.16. The van der Waals surface area contributed by atoms with Crippen molar-refractivity contribution in [2.45, 2.75) is 19.4 Å². The molecule has 1 aromatic rings. The van der Waals surface area contributed by atoms with E-state index < -0.39 is 6.04 Å².